The molecule has 1 N–H and O–H groups in total. The van der Waals surface area contributed by atoms with E-state index in [1.54, 1.807) is 16.8 Å². The fourth-order valence-corrected chi connectivity index (χ4v) is 2.92. The van der Waals surface area contributed by atoms with E-state index < -0.39 is 0 Å². The number of benzene rings is 2. The van der Waals surface area contributed by atoms with E-state index in [2.05, 4.69) is 10.4 Å². The first-order chi connectivity index (χ1) is 12.0. The average Bonchev–Trinajstić information content (AvgIpc) is 2.61. The topological polar surface area (TPSA) is 64.0 Å². The van der Waals surface area contributed by atoms with Crippen LogP contribution in [-0.2, 0) is 11.3 Å². The number of hydrogen-bond acceptors (Lipinski definition) is 3. The number of halogens is 1. The second-order valence-electron chi connectivity index (χ2n) is 5.84. The lowest BCUT2D eigenvalue weighted by molar-refractivity contribution is -0.122. The normalized spacial score (nSPS) is 12.1. The van der Waals surface area contributed by atoms with E-state index in [4.69, 9.17) is 11.6 Å². The molecule has 0 aliphatic heterocycles. The van der Waals surface area contributed by atoms with Crippen LogP contribution in [-0.4, -0.2) is 15.7 Å². The van der Waals surface area contributed by atoms with Crippen LogP contribution in [0.4, 0.5) is 0 Å². The first-order valence-corrected chi connectivity index (χ1v) is 8.42. The van der Waals surface area contributed by atoms with Crippen LogP contribution < -0.4 is 10.7 Å². The minimum absolute atomic E-state index is 0.0861. The summed E-state index contributed by atoms with van der Waals surface area (Å²) in [5.41, 5.74) is 1.56. The molecule has 0 aliphatic rings. The lowest BCUT2D eigenvalue weighted by Crippen LogP contribution is -2.28. The zero-order valence-electron chi connectivity index (χ0n) is 13.8. The van der Waals surface area contributed by atoms with Crippen molar-refractivity contribution in [1.29, 1.82) is 0 Å². The second kappa shape index (κ2) is 7.49. The highest BCUT2D eigenvalue weighted by molar-refractivity contribution is 6.30. The smallest absolute Gasteiger partial charge is 0.222 e. The highest BCUT2D eigenvalue weighted by Crippen LogP contribution is 2.17. The van der Waals surface area contributed by atoms with Gasteiger partial charge in [0.25, 0.3) is 0 Å². The van der Waals surface area contributed by atoms with E-state index >= 15 is 0 Å². The lowest BCUT2D eigenvalue weighted by Gasteiger charge is -2.15. The van der Waals surface area contributed by atoms with Gasteiger partial charge in [-0.1, -0.05) is 35.9 Å². The summed E-state index contributed by atoms with van der Waals surface area (Å²) in [6.07, 6.45) is 1.56. The number of nitrogens with one attached hydrogen (secondary N) is 1. The van der Waals surface area contributed by atoms with Crippen LogP contribution in [0, 0.1) is 0 Å². The Morgan fingerprint density at radius 3 is 2.84 bits per heavy atom. The standard InChI is InChI=1S/C19H18ClN3O2/c1-13(14-5-4-6-15(20)11-14)22-19(25)9-10-23-17-8-3-2-7-16(17)18(24)12-21-23/h2-8,11-13H,9-10H2,1H3,(H,22,25)/t13-/m0/s1. The van der Waals surface area contributed by atoms with E-state index in [9.17, 15) is 9.59 Å². The molecule has 0 saturated heterocycles. The van der Waals surface area contributed by atoms with E-state index in [0.29, 0.717) is 17.0 Å². The van der Waals surface area contributed by atoms with Crippen molar-refractivity contribution in [2.45, 2.75) is 25.9 Å². The third-order valence-corrected chi connectivity index (χ3v) is 4.27. The zero-order valence-corrected chi connectivity index (χ0v) is 14.5. The van der Waals surface area contributed by atoms with Crippen LogP contribution in [0.5, 0.6) is 0 Å². The van der Waals surface area contributed by atoms with Gasteiger partial charge in [-0.2, -0.15) is 5.10 Å². The van der Waals surface area contributed by atoms with Gasteiger partial charge < -0.3 is 5.32 Å². The summed E-state index contributed by atoms with van der Waals surface area (Å²) < 4.78 is 1.68. The molecule has 5 nitrogen and oxygen atoms in total. The molecule has 25 heavy (non-hydrogen) atoms. The fourth-order valence-electron chi connectivity index (χ4n) is 2.72. The Labute approximate surface area is 150 Å². The number of para-hydroxylation sites is 1. The number of rotatable bonds is 5. The van der Waals surface area contributed by atoms with Crippen LogP contribution >= 0.6 is 11.6 Å². The Morgan fingerprint density at radius 2 is 2.04 bits per heavy atom. The van der Waals surface area contributed by atoms with E-state index in [-0.39, 0.29) is 23.8 Å². The first kappa shape index (κ1) is 17.2. The molecule has 2 aromatic carbocycles. The second-order valence-corrected chi connectivity index (χ2v) is 6.28. The highest BCUT2D eigenvalue weighted by atomic mass is 35.5. The summed E-state index contributed by atoms with van der Waals surface area (Å²) in [6.45, 7) is 2.31. The first-order valence-electron chi connectivity index (χ1n) is 8.04. The van der Waals surface area contributed by atoms with Gasteiger partial charge in [0.15, 0.2) is 0 Å². The van der Waals surface area contributed by atoms with Crippen LogP contribution in [0.3, 0.4) is 0 Å². The van der Waals surface area contributed by atoms with Crippen molar-refractivity contribution in [1.82, 2.24) is 15.1 Å². The maximum Gasteiger partial charge on any atom is 0.222 e. The summed E-state index contributed by atoms with van der Waals surface area (Å²) in [6, 6.07) is 14.5. The quantitative estimate of drug-likeness (QED) is 0.763. The van der Waals surface area contributed by atoms with Crippen LogP contribution in [0.2, 0.25) is 5.02 Å². The summed E-state index contributed by atoms with van der Waals surface area (Å²) in [5.74, 6) is -0.0861. The molecule has 6 heteroatoms. The predicted molar refractivity (Wildman–Crippen MR) is 98.6 cm³/mol. The number of amides is 1. The number of carbonyl (C=O) groups is 1. The van der Waals surface area contributed by atoms with Crippen molar-refractivity contribution in [2.75, 3.05) is 0 Å². The van der Waals surface area contributed by atoms with Crippen LogP contribution in [0.1, 0.15) is 24.9 Å². The fraction of sp³-hybridized carbons (Fsp3) is 0.211. The van der Waals surface area contributed by atoms with Gasteiger partial charge in [-0.3, -0.25) is 14.3 Å². The van der Waals surface area contributed by atoms with Crippen LogP contribution in [0.25, 0.3) is 10.9 Å². The molecule has 0 fully saturated rings. The molecule has 0 saturated carbocycles. The number of carbonyl (C=O) groups excluding carboxylic acids is 1. The van der Waals surface area contributed by atoms with E-state index in [0.717, 1.165) is 11.1 Å². The Kier molecular flexibility index (Phi) is 5.14. The molecule has 3 rings (SSSR count). The number of aromatic nitrogens is 2. The summed E-state index contributed by atoms with van der Waals surface area (Å²) in [5, 5.41) is 8.33. The molecule has 0 radical (unpaired) electrons. The molecule has 1 atom stereocenters. The number of fused-ring (bicyclic) bond motifs is 1. The molecular formula is C19H18ClN3O2. The molecule has 128 valence electrons. The minimum Gasteiger partial charge on any atom is -0.350 e. The van der Waals surface area contributed by atoms with Crippen molar-refractivity contribution < 1.29 is 4.79 Å². The number of nitrogens with zero attached hydrogens (tertiary/aromatic N) is 2. The Morgan fingerprint density at radius 1 is 1.24 bits per heavy atom. The maximum atomic E-state index is 12.2. The minimum atomic E-state index is -0.134. The van der Waals surface area contributed by atoms with E-state index in [1.165, 1.54) is 6.20 Å². The highest BCUT2D eigenvalue weighted by Gasteiger charge is 2.11. The summed E-state index contributed by atoms with van der Waals surface area (Å²) in [4.78, 5) is 24.1. The van der Waals surface area contributed by atoms with Gasteiger partial charge in [0.2, 0.25) is 11.3 Å². The van der Waals surface area contributed by atoms with Gasteiger partial charge in [0.05, 0.1) is 24.3 Å². The Balaban J connectivity index is 1.67. The van der Waals surface area contributed by atoms with Crippen molar-refractivity contribution in [3.05, 3.63) is 75.5 Å². The molecule has 0 unspecified atom stereocenters. The van der Waals surface area contributed by atoms with E-state index in [1.807, 2.05) is 43.3 Å². The average molecular weight is 356 g/mol. The van der Waals surface area contributed by atoms with Crippen molar-refractivity contribution >= 4 is 28.4 Å². The number of hydrogen-bond donors (Lipinski definition) is 1. The lowest BCUT2D eigenvalue weighted by atomic mass is 10.1. The maximum absolute atomic E-state index is 12.2. The molecule has 3 aromatic rings. The van der Waals surface area contributed by atoms with Crippen LogP contribution in [0.15, 0.2) is 59.5 Å². The SMILES string of the molecule is C[C@H](NC(=O)CCn1ncc(=O)c2ccccc21)c1cccc(Cl)c1. The van der Waals surface area contributed by atoms with Gasteiger partial charge >= 0.3 is 0 Å². The van der Waals surface area contributed by atoms with Gasteiger partial charge in [-0.15, -0.1) is 0 Å². The Hall–Kier alpha value is -2.66. The van der Waals surface area contributed by atoms with Gasteiger partial charge in [0.1, 0.15) is 0 Å². The molecule has 0 spiro atoms. The summed E-state index contributed by atoms with van der Waals surface area (Å²) in [7, 11) is 0. The third-order valence-electron chi connectivity index (χ3n) is 4.04. The molecule has 0 aliphatic carbocycles. The zero-order chi connectivity index (χ0) is 17.8. The summed E-state index contributed by atoms with van der Waals surface area (Å²) >= 11 is 5.99. The van der Waals surface area contributed by atoms with Crippen molar-refractivity contribution in [3.63, 3.8) is 0 Å². The third kappa shape index (κ3) is 4.06. The Bertz CT molecular complexity index is 968. The van der Waals surface area contributed by atoms with Gasteiger partial charge in [-0.05, 0) is 36.8 Å². The molecule has 1 heterocycles. The molecule has 1 aromatic heterocycles. The molecular weight excluding hydrogens is 338 g/mol. The van der Waals surface area contributed by atoms with Gasteiger partial charge in [-0.25, -0.2) is 0 Å². The van der Waals surface area contributed by atoms with Crippen molar-refractivity contribution in [3.8, 4) is 0 Å². The predicted octanol–water partition coefficient (Wildman–Crippen LogP) is 3.32. The van der Waals surface area contributed by atoms with Gasteiger partial charge in [0, 0.05) is 16.8 Å². The molecule has 1 amide bonds. The molecule has 0 bridgehead atoms. The van der Waals surface area contributed by atoms with Crippen molar-refractivity contribution in [2.24, 2.45) is 0 Å². The largest absolute Gasteiger partial charge is 0.350 e. The number of aryl methyl sites for hydroxylation is 1. The monoisotopic (exact) mass is 355 g/mol.